The Morgan fingerprint density at radius 3 is 2.44 bits per heavy atom. The molecule has 0 aliphatic heterocycles. The molecule has 1 amide bonds. The molecular formula is C14H22N2O2. The largest absolute Gasteiger partial charge is 0.496 e. The molecule has 1 aromatic carbocycles. The molecule has 0 heterocycles. The molecule has 1 rings (SSSR count). The summed E-state index contributed by atoms with van der Waals surface area (Å²) >= 11 is 0. The van der Waals surface area contributed by atoms with E-state index in [1.165, 1.54) is 0 Å². The summed E-state index contributed by atoms with van der Waals surface area (Å²) in [5.41, 5.74) is 1.96. The van der Waals surface area contributed by atoms with Crippen LogP contribution in [0.2, 0.25) is 0 Å². The SMILES string of the molecule is COc1ccc(NC(C)C(=O)NC(C)C)cc1C. The third-order valence-corrected chi connectivity index (χ3v) is 2.60. The van der Waals surface area contributed by atoms with Crippen molar-refractivity contribution in [1.29, 1.82) is 0 Å². The normalized spacial score (nSPS) is 12.1. The molecule has 2 N–H and O–H groups in total. The van der Waals surface area contributed by atoms with Crippen molar-refractivity contribution in [3.63, 3.8) is 0 Å². The highest BCUT2D eigenvalue weighted by Gasteiger charge is 2.13. The van der Waals surface area contributed by atoms with Gasteiger partial charge in [0.1, 0.15) is 11.8 Å². The summed E-state index contributed by atoms with van der Waals surface area (Å²) in [6.07, 6.45) is 0. The zero-order valence-electron chi connectivity index (χ0n) is 11.7. The monoisotopic (exact) mass is 250 g/mol. The first-order chi connectivity index (χ1) is 8.43. The molecule has 18 heavy (non-hydrogen) atoms. The molecular weight excluding hydrogens is 228 g/mol. The molecule has 0 saturated heterocycles. The molecule has 0 aromatic heterocycles. The first-order valence-corrected chi connectivity index (χ1v) is 6.15. The topological polar surface area (TPSA) is 50.4 Å². The van der Waals surface area contributed by atoms with Crippen molar-refractivity contribution in [2.75, 3.05) is 12.4 Å². The van der Waals surface area contributed by atoms with E-state index in [0.717, 1.165) is 17.0 Å². The van der Waals surface area contributed by atoms with Crippen molar-refractivity contribution < 1.29 is 9.53 Å². The molecule has 1 atom stereocenters. The van der Waals surface area contributed by atoms with Crippen molar-refractivity contribution in [3.8, 4) is 5.75 Å². The molecule has 4 heteroatoms. The van der Waals surface area contributed by atoms with Crippen molar-refractivity contribution in [2.24, 2.45) is 0 Å². The quantitative estimate of drug-likeness (QED) is 0.843. The van der Waals surface area contributed by atoms with E-state index in [2.05, 4.69) is 10.6 Å². The number of methoxy groups -OCH3 is 1. The Balaban J connectivity index is 2.67. The van der Waals surface area contributed by atoms with E-state index < -0.39 is 0 Å². The average Bonchev–Trinajstić information content (AvgIpc) is 2.28. The van der Waals surface area contributed by atoms with Gasteiger partial charge in [0.25, 0.3) is 0 Å². The lowest BCUT2D eigenvalue weighted by molar-refractivity contribution is -0.122. The Kier molecular flexibility index (Phi) is 5.01. The number of nitrogens with one attached hydrogen (secondary N) is 2. The van der Waals surface area contributed by atoms with Crippen LogP contribution in [0.3, 0.4) is 0 Å². The second-order valence-corrected chi connectivity index (χ2v) is 4.71. The summed E-state index contributed by atoms with van der Waals surface area (Å²) < 4.78 is 5.20. The molecule has 0 fully saturated rings. The van der Waals surface area contributed by atoms with Crippen LogP contribution in [0.4, 0.5) is 5.69 Å². The summed E-state index contributed by atoms with van der Waals surface area (Å²) in [5, 5.41) is 6.05. The molecule has 100 valence electrons. The molecule has 0 aliphatic carbocycles. The number of carbonyl (C=O) groups excluding carboxylic acids is 1. The van der Waals surface area contributed by atoms with Crippen LogP contribution in [-0.4, -0.2) is 25.1 Å². The third kappa shape index (κ3) is 3.95. The van der Waals surface area contributed by atoms with Gasteiger partial charge in [-0.2, -0.15) is 0 Å². The fourth-order valence-corrected chi connectivity index (χ4v) is 1.69. The molecule has 4 nitrogen and oxygen atoms in total. The van der Waals surface area contributed by atoms with Gasteiger partial charge in [-0.05, 0) is 51.5 Å². The van der Waals surface area contributed by atoms with Crippen LogP contribution in [-0.2, 0) is 4.79 Å². The van der Waals surface area contributed by atoms with Gasteiger partial charge in [-0.15, -0.1) is 0 Å². The van der Waals surface area contributed by atoms with E-state index in [1.54, 1.807) is 7.11 Å². The highest BCUT2D eigenvalue weighted by atomic mass is 16.5. The lowest BCUT2D eigenvalue weighted by atomic mass is 10.2. The van der Waals surface area contributed by atoms with Gasteiger partial charge in [-0.25, -0.2) is 0 Å². The van der Waals surface area contributed by atoms with Gasteiger partial charge in [-0.1, -0.05) is 0 Å². The number of carbonyl (C=O) groups is 1. The van der Waals surface area contributed by atoms with E-state index in [9.17, 15) is 4.79 Å². The fourth-order valence-electron chi connectivity index (χ4n) is 1.69. The lowest BCUT2D eigenvalue weighted by Crippen LogP contribution is -2.40. The van der Waals surface area contributed by atoms with Crippen LogP contribution >= 0.6 is 0 Å². The van der Waals surface area contributed by atoms with E-state index in [0.29, 0.717) is 0 Å². The third-order valence-electron chi connectivity index (χ3n) is 2.60. The maximum absolute atomic E-state index is 11.8. The predicted octanol–water partition coefficient (Wildman–Crippen LogP) is 2.33. The zero-order chi connectivity index (χ0) is 13.7. The number of benzene rings is 1. The van der Waals surface area contributed by atoms with Gasteiger partial charge in [0, 0.05) is 11.7 Å². The minimum atomic E-state index is -0.264. The van der Waals surface area contributed by atoms with Gasteiger partial charge in [0.2, 0.25) is 5.91 Å². The second kappa shape index (κ2) is 6.28. The molecule has 0 bridgehead atoms. The summed E-state index contributed by atoms with van der Waals surface area (Å²) in [5.74, 6) is 0.846. The number of hydrogen-bond donors (Lipinski definition) is 2. The molecule has 0 aliphatic rings. The van der Waals surface area contributed by atoms with Crippen LogP contribution in [0.25, 0.3) is 0 Å². The number of rotatable bonds is 5. The summed E-state index contributed by atoms with van der Waals surface area (Å²) in [7, 11) is 1.65. The highest BCUT2D eigenvalue weighted by molar-refractivity contribution is 5.84. The molecule has 1 aromatic rings. The lowest BCUT2D eigenvalue weighted by Gasteiger charge is -2.17. The Hall–Kier alpha value is -1.71. The van der Waals surface area contributed by atoms with Crippen molar-refractivity contribution in [2.45, 2.75) is 39.8 Å². The molecule has 0 radical (unpaired) electrons. The first kappa shape index (κ1) is 14.4. The van der Waals surface area contributed by atoms with E-state index >= 15 is 0 Å². The minimum Gasteiger partial charge on any atom is -0.496 e. The Morgan fingerprint density at radius 1 is 1.28 bits per heavy atom. The Morgan fingerprint density at radius 2 is 1.94 bits per heavy atom. The number of ether oxygens (including phenoxy) is 1. The van der Waals surface area contributed by atoms with Crippen molar-refractivity contribution >= 4 is 11.6 Å². The Bertz CT molecular complexity index is 416. The standard InChI is InChI=1S/C14H22N2O2/c1-9(2)15-14(17)11(4)16-12-6-7-13(18-5)10(3)8-12/h6-9,11,16H,1-5H3,(H,15,17). The maximum Gasteiger partial charge on any atom is 0.242 e. The molecule has 0 saturated carbocycles. The number of aryl methyl sites for hydroxylation is 1. The number of amides is 1. The highest BCUT2D eigenvalue weighted by Crippen LogP contribution is 2.21. The zero-order valence-corrected chi connectivity index (χ0v) is 11.7. The van der Waals surface area contributed by atoms with Crippen molar-refractivity contribution in [1.82, 2.24) is 5.32 Å². The van der Waals surface area contributed by atoms with E-state index in [-0.39, 0.29) is 18.0 Å². The van der Waals surface area contributed by atoms with Gasteiger partial charge < -0.3 is 15.4 Å². The summed E-state index contributed by atoms with van der Waals surface area (Å²) in [4.78, 5) is 11.8. The van der Waals surface area contributed by atoms with Gasteiger partial charge in [-0.3, -0.25) is 4.79 Å². The molecule has 1 unspecified atom stereocenters. The van der Waals surface area contributed by atoms with E-state index in [4.69, 9.17) is 4.74 Å². The van der Waals surface area contributed by atoms with Crippen LogP contribution in [0.1, 0.15) is 26.3 Å². The number of hydrogen-bond acceptors (Lipinski definition) is 3. The Labute approximate surface area is 109 Å². The molecule has 0 spiro atoms. The number of anilines is 1. The van der Waals surface area contributed by atoms with Gasteiger partial charge >= 0.3 is 0 Å². The second-order valence-electron chi connectivity index (χ2n) is 4.71. The first-order valence-electron chi connectivity index (χ1n) is 6.15. The smallest absolute Gasteiger partial charge is 0.242 e. The van der Waals surface area contributed by atoms with E-state index in [1.807, 2.05) is 45.9 Å². The van der Waals surface area contributed by atoms with Crippen LogP contribution in [0, 0.1) is 6.92 Å². The van der Waals surface area contributed by atoms with Crippen LogP contribution < -0.4 is 15.4 Å². The predicted molar refractivity (Wildman–Crippen MR) is 74.1 cm³/mol. The van der Waals surface area contributed by atoms with Gasteiger partial charge in [0.15, 0.2) is 0 Å². The summed E-state index contributed by atoms with van der Waals surface area (Å²) in [6, 6.07) is 5.66. The van der Waals surface area contributed by atoms with Crippen LogP contribution in [0.5, 0.6) is 5.75 Å². The average molecular weight is 250 g/mol. The van der Waals surface area contributed by atoms with Crippen molar-refractivity contribution in [3.05, 3.63) is 23.8 Å². The van der Waals surface area contributed by atoms with Gasteiger partial charge in [0.05, 0.1) is 7.11 Å². The minimum absolute atomic E-state index is 0.00142. The summed E-state index contributed by atoms with van der Waals surface area (Å²) in [6.45, 7) is 7.71. The van der Waals surface area contributed by atoms with Crippen LogP contribution in [0.15, 0.2) is 18.2 Å². The maximum atomic E-state index is 11.8. The fraction of sp³-hybridized carbons (Fsp3) is 0.500.